The van der Waals surface area contributed by atoms with Gasteiger partial charge in [0.05, 0.1) is 0 Å². The molecule has 0 amide bonds. The van der Waals surface area contributed by atoms with Crippen molar-refractivity contribution in [3.05, 3.63) is 84.1 Å². The molecule has 2 aromatic rings. The van der Waals surface area contributed by atoms with E-state index < -0.39 is 0 Å². The molecule has 0 spiro atoms. The average Bonchev–Trinajstić information content (AvgIpc) is 3.29. The first-order valence-electron chi connectivity index (χ1n) is 13.0. The summed E-state index contributed by atoms with van der Waals surface area (Å²) in [4.78, 5) is 4.30. The van der Waals surface area contributed by atoms with Crippen LogP contribution in [0.3, 0.4) is 0 Å². The van der Waals surface area contributed by atoms with Crippen LogP contribution in [0.15, 0.2) is 77.9 Å². The Morgan fingerprint density at radius 2 is 1.64 bits per heavy atom. The second kappa shape index (κ2) is 14.2. The minimum absolute atomic E-state index is 0.0715. The van der Waals surface area contributed by atoms with Crippen molar-refractivity contribution in [3.63, 3.8) is 0 Å². The van der Waals surface area contributed by atoms with Gasteiger partial charge in [0.25, 0.3) is 0 Å². The molecule has 0 saturated heterocycles. The van der Waals surface area contributed by atoms with Gasteiger partial charge in [-0.2, -0.15) is 0 Å². The lowest BCUT2D eigenvalue weighted by atomic mass is 9.63. The van der Waals surface area contributed by atoms with Crippen LogP contribution in [0.4, 0.5) is 0 Å². The van der Waals surface area contributed by atoms with Crippen molar-refractivity contribution < 1.29 is 0 Å². The number of rotatable bonds is 9. The van der Waals surface area contributed by atoms with Gasteiger partial charge in [0, 0.05) is 17.3 Å². The molecule has 1 aliphatic rings. The van der Waals surface area contributed by atoms with Crippen molar-refractivity contribution in [2.75, 3.05) is 6.54 Å². The molecule has 2 heteroatoms. The minimum atomic E-state index is 0.0715. The minimum Gasteiger partial charge on any atom is -0.330 e. The van der Waals surface area contributed by atoms with Crippen LogP contribution in [0.25, 0.3) is 0 Å². The number of hydrogen-bond acceptors (Lipinski definition) is 2. The number of allylic oxidation sites excluding steroid dienone is 1. The summed E-state index contributed by atoms with van der Waals surface area (Å²) in [7, 11) is 0. The molecule has 1 saturated carbocycles. The van der Waals surface area contributed by atoms with E-state index in [9.17, 15) is 0 Å². The molecule has 33 heavy (non-hydrogen) atoms. The maximum Gasteiger partial charge on any atom is 0.0243 e. The smallest absolute Gasteiger partial charge is 0.0243 e. The van der Waals surface area contributed by atoms with Crippen LogP contribution in [-0.4, -0.2) is 12.3 Å². The molecule has 2 N–H and O–H groups in total. The van der Waals surface area contributed by atoms with E-state index in [1.165, 1.54) is 48.9 Å². The fourth-order valence-corrected chi connectivity index (χ4v) is 5.45. The van der Waals surface area contributed by atoms with Crippen molar-refractivity contribution in [2.24, 2.45) is 28.5 Å². The predicted octanol–water partition coefficient (Wildman–Crippen LogP) is 8.17. The van der Waals surface area contributed by atoms with Crippen LogP contribution < -0.4 is 5.73 Å². The normalized spacial score (nSPS) is 19.9. The van der Waals surface area contributed by atoms with E-state index >= 15 is 0 Å². The summed E-state index contributed by atoms with van der Waals surface area (Å²) >= 11 is 0. The number of nitrogens with zero attached hydrogens (tertiary/aromatic N) is 1. The maximum atomic E-state index is 6.09. The largest absolute Gasteiger partial charge is 0.330 e. The van der Waals surface area contributed by atoms with Crippen molar-refractivity contribution in [1.82, 2.24) is 0 Å². The molecule has 3 rings (SSSR count). The SMILES string of the molecule is C/C=C\N=C(C)[C@H](C)CCC.CC1CCC(C(CCN)(c2ccccc2)c2ccccc2)C1. The van der Waals surface area contributed by atoms with Gasteiger partial charge in [-0.25, -0.2) is 0 Å². The van der Waals surface area contributed by atoms with Gasteiger partial charge in [-0.3, -0.25) is 4.99 Å². The van der Waals surface area contributed by atoms with Crippen molar-refractivity contribution in [2.45, 2.75) is 78.6 Å². The molecule has 0 heterocycles. The van der Waals surface area contributed by atoms with Crippen LogP contribution in [-0.2, 0) is 5.41 Å². The first kappa shape index (κ1) is 27.1. The van der Waals surface area contributed by atoms with Gasteiger partial charge in [0.15, 0.2) is 0 Å². The highest BCUT2D eigenvalue weighted by Gasteiger charge is 2.43. The van der Waals surface area contributed by atoms with Gasteiger partial charge in [0.2, 0.25) is 0 Å². The second-order valence-corrected chi connectivity index (χ2v) is 9.80. The number of benzene rings is 2. The summed E-state index contributed by atoms with van der Waals surface area (Å²) in [5, 5.41) is 0. The van der Waals surface area contributed by atoms with E-state index in [1.807, 2.05) is 19.2 Å². The number of nitrogens with two attached hydrogens (primary N) is 1. The zero-order valence-corrected chi connectivity index (χ0v) is 21.6. The van der Waals surface area contributed by atoms with Gasteiger partial charge in [-0.15, -0.1) is 0 Å². The molecule has 2 aromatic carbocycles. The van der Waals surface area contributed by atoms with E-state index in [2.05, 4.69) is 93.4 Å². The van der Waals surface area contributed by atoms with E-state index in [0.717, 1.165) is 18.9 Å². The third-order valence-electron chi connectivity index (χ3n) is 7.37. The van der Waals surface area contributed by atoms with E-state index in [4.69, 9.17) is 5.73 Å². The Morgan fingerprint density at radius 3 is 2.06 bits per heavy atom. The summed E-state index contributed by atoms with van der Waals surface area (Å²) in [5.74, 6) is 2.15. The van der Waals surface area contributed by atoms with Crippen LogP contribution in [0.2, 0.25) is 0 Å². The maximum absolute atomic E-state index is 6.09. The Kier molecular flexibility index (Phi) is 11.6. The summed E-state index contributed by atoms with van der Waals surface area (Å²) in [5.41, 5.74) is 10.3. The van der Waals surface area contributed by atoms with E-state index in [0.29, 0.717) is 11.8 Å². The molecular formula is C31H46N2. The standard InChI is InChI=1S/C21H27N.C10H19N/c1-17-12-13-20(16-17)21(14-15-22,18-8-4-2-5-9-18)19-10-6-3-7-11-19;1-5-7-9(3)10(4)11-8-6-2/h2-11,17,20H,12-16,22H2,1H3;6,8-9H,5,7H2,1-4H3/b;8-6-,11-10?/t;9-/m.1/s1. The van der Waals surface area contributed by atoms with Crippen LogP contribution in [0, 0.1) is 17.8 Å². The van der Waals surface area contributed by atoms with Gasteiger partial charge in [-0.1, -0.05) is 100 Å². The molecule has 2 unspecified atom stereocenters. The highest BCUT2D eigenvalue weighted by Crippen LogP contribution is 2.50. The Bertz CT molecular complexity index is 798. The average molecular weight is 447 g/mol. The first-order chi connectivity index (χ1) is 16.0. The molecule has 0 bridgehead atoms. The summed E-state index contributed by atoms with van der Waals surface area (Å²) in [6.45, 7) is 11.6. The zero-order chi connectivity index (χ0) is 24.1. The molecule has 1 fully saturated rings. The third kappa shape index (κ3) is 7.40. The summed E-state index contributed by atoms with van der Waals surface area (Å²) in [6, 6.07) is 22.1. The third-order valence-corrected chi connectivity index (χ3v) is 7.37. The lowest BCUT2D eigenvalue weighted by Gasteiger charge is -2.41. The van der Waals surface area contributed by atoms with Crippen LogP contribution in [0.1, 0.15) is 84.3 Å². The van der Waals surface area contributed by atoms with Gasteiger partial charge >= 0.3 is 0 Å². The summed E-state index contributed by atoms with van der Waals surface area (Å²) < 4.78 is 0. The predicted molar refractivity (Wildman–Crippen MR) is 146 cm³/mol. The lowest BCUT2D eigenvalue weighted by molar-refractivity contribution is 0.301. The summed E-state index contributed by atoms with van der Waals surface area (Å²) in [6.07, 6.45) is 11.3. The molecule has 0 aromatic heterocycles. The van der Waals surface area contributed by atoms with E-state index in [1.54, 1.807) is 0 Å². The van der Waals surface area contributed by atoms with Gasteiger partial charge in [-0.05, 0) is 75.0 Å². The highest BCUT2D eigenvalue weighted by atomic mass is 14.7. The second-order valence-electron chi connectivity index (χ2n) is 9.80. The molecule has 0 aliphatic heterocycles. The van der Waals surface area contributed by atoms with Gasteiger partial charge < -0.3 is 5.73 Å². The zero-order valence-electron chi connectivity index (χ0n) is 21.6. The monoisotopic (exact) mass is 446 g/mol. The van der Waals surface area contributed by atoms with Gasteiger partial charge in [0.1, 0.15) is 0 Å². The fraction of sp³-hybridized carbons (Fsp3) is 0.516. The van der Waals surface area contributed by atoms with Crippen molar-refractivity contribution in [3.8, 4) is 0 Å². The molecule has 2 nitrogen and oxygen atoms in total. The molecule has 1 aliphatic carbocycles. The highest BCUT2D eigenvalue weighted by molar-refractivity contribution is 5.84. The molecular weight excluding hydrogens is 400 g/mol. The first-order valence-corrected chi connectivity index (χ1v) is 13.0. The van der Waals surface area contributed by atoms with E-state index in [-0.39, 0.29) is 5.41 Å². The topological polar surface area (TPSA) is 38.4 Å². The molecule has 180 valence electrons. The van der Waals surface area contributed by atoms with Crippen molar-refractivity contribution in [1.29, 1.82) is 0 Å². The Morgan fingerprint density at radius 1 is 1.06 bits per heavy atom. The quantitative estimate of drug-likeness (QED) is 0.387. The number of aliphatic imine (C=N–C) groups is 1. The molecule has 3 atom stereocenters. The Labute approximate surface area is 203 Å². The number of hydrogen-bond donors (Lipinski definition) is 1. The fourth-order valence-electron chi connectivity index (χ4n) is 5.45. The van der Waals surface area contributed by atoms with Crippen LogP contribution >= 0.6 is 0 Å². The Hall–Kier alpha value is -2.19. The molecule has 0 radical (unpaired) electrons. The van der Waals surface area contributed by atoms with Crippen molar-refractivity contribution >= 4 is 5.71 Å². The lowest BCUT2D eigenvalue weighted by Crippen LogP contribution is -2.37. The van der Waals surface area contributed by atoms with Crippen LogP contribution in [0.5, 0.6) is 0 Å². The Balaban J connectivity index is 0.000000299.